The van der Waals surface area contributed by atoms with Gasteiger partial charge in [-0.05, 0) is 18.3 Å². The predicted molar refractivity (Wildman–Crippen MR) is 83.5 cm³/mol. The summed E-state index contributed by atoms with van der Waals surface area (Å²) in [7, 11) is 1.39. The number of hydrogen-bond acceptors (Lipinski definition) is 5. The van der Waals surface area contributed by atoms with Gasteiger partial charge in [-0.1, -0.05) is 20.8 Å². The number of carbonyl (C=O) groups excluding carboxylic acids is 1. The summed E-state index contributed by atoms with van der Waals surface area (Å²) in [6.45, 7) is 5.28. The molecular formula is C13H17N3O4S. The fourth-order valence-electron chi connectivity index (χ4n) is 1.34. The smallest absolute Gasteiger partial charge is 0.273 e. The maximum atomic E-state index is 11.8. The highest BCUT2D eigenvalue weighted by molar-refractivity contribution is 7.80. The maximum Gasteiger partial charge on any atom is 0.273 e. The third-order valence-electron chi connectivity index (χ3n) is 2.55. The van der Waals surface area contributed by atoms with E-state index in [1.807, 2.05) is 0 Å². The van der Waals surface area contributed by atoms with Gasteiger partial charge in [-0.3, -0.25) is 14.9 Å². The quantitative estimate of drug-likeness (QED) is 0.506. The molecule has 0 radical (unpaired) electrons. The van der Waals surface area contributed by atoms with E-state index in [1.165, 1.54) is 25.3 Å². The number of non-ortho nitro benzene ring substituents is 1. The summed E-state index contributed by atoms with van der Waals surface area (Å²) in [4.78, 5) is 22.0. The van der Waals surface area contributed by atoms with Crippen LogP contribution in [-0.2, 0) is 4.79 Å². The number of nitrogens with one attached hydrogen (secondary N) is 2. The van der Waals surface area contributed by atoms with Crippen LogP contribution in [0, 0.1) is 15.5 Å². The van der Waals surface area contributed by atoms with E-state index in [0.717, 1.165) is 0 Å². The molecule has 0 aliphatic heterocycles. The summed E-state index contributed by atoms with van der Waals surface area (Å²) >= 11 is 5.04. The van der Waals surface area contributed by atoms with Gasteiger partial charge in [-0.25, -0.2) is 0 Å². The van der Waals surface area contributed by atoms with Crippen molar-refractivity contribution in [1.82, 2.24) is 5.32 Å². The van der Waals surface area contributed by atoms with E-state index >= 15 is 0 Å². The zero-order chi connectivity index (χ0) is 16.2. The molecule has 0 aliphatic rings. The molecule has 21 heavy (non-hydrogen) atoms. The van der Waals surface area contributed by atoms with Gasteiger partial charge in [-0.15, -0.1) is 0 Å². The van der Waals surface area contributed by atoms with E-state index in [4.69, 9.17) is 17.0 Å². The molecule has 0 atom stereocenters. The number of benzene rings is 1. The van der Waals surface area contributed by atoms with Crippen molar-refractivity contribution in [2.75, 3.05) is 12.4 Å². The van der Waals surface area contributed by atoms with Crippen LogP contribution in [0.3, 0.4) is 0 Å². The van der Waals surface area contributed by atoms with Gasteiger partial charge in [0.1, 0.15) is 5.75 Å². The molecule has 1 amide bonds. The Bertz CT molecular complexity index is 581. The fourth-order valence-corrected chi connectivity index (χ4v) is 1.54. The van der Waals surface area contributed by atoms with Crippen molar-refractivity contribution in [3.63, 3.8) is 0 Å². The number of ether oxygens (including phenoxy) is 1. The number of anilines is 1. The summed E-state index contributed by atoms with van der Waals surface area (Å²) in [5.74, 6) is 0.0254. The number of nitro benzene ring substituents is 1. The zero-order valence-corrected chi connectivity index (χ0v) is 13.0. The van der Waals surface area contributed by atoms with E-state index < -0.39 is 10.3 Å². The van der Waals surface area contributed by atoms with Crippen molar-refractivity contribution >= 4 is 34.6 Å². The fraction of sp³-hybridized carbons (Fsp3) is 0.385. The van der Waals surface area contributed by atoms with E-state index in [-0.39, 0.29) is 22.5 Å². The molecular weight excluding hydrogens is 294 g/mol. The number of methoxy groups -OCH3 is 1. The zero-order valence-electron chi connectivity index (χ0n) is 12.2. The molecule has 7 nitrogen and oxygen atoms in total. The second-order valence-corrected chi connectivity index (χ2v) is 5.71. The highest BCUT2D eigenvalue weighted by Crippen LogP contribution is 2.28. The Labute approximate surface area is 127 Å². The molecule has 0 saturated carbocycles. The lowest BCUT2D eigenvalue weighted by atomic mass is 9.96. The van der Waals surface area contributed by atoms with Crippen LogP contribution in [0.1, 0.15) is 20.8 Å². The molecule has 0 spiro atoms. The van der Waals surface area contributed by atoms with E-state index in [9.17, 15) is 14.9 Å². The Balaban J connectivity index is 2.86. The van der Waals surface area contributed by atoms with Gasteiger partial charge in [0.05, 0.1) is 23.8 Å². The Morgan fingerprint density at radius 2 is 2.00 bits per heavy atom. The average Bonchev–Trinajstić information content (AvgIpc) is 2.37. The van der Waals surface area contributed by atoms with Crippen LogP contribution in [-0.4, -0.2) is 23.1 Å². The summed E-state index contributed by atoms with van der Waals surface area (Å²) in [6.07, 6.45) is 0. The predicted octanol–water partition coefficient (Wildman–Crippen LogP) is 2.46. The second-order valence-electron chi connectivity index (χ2n) is 5.30. The summed E-state index contributed by atoms with van der Waals surface area (Å²) in [5, 5.41) is 16.1. The molecule has 2 N–H and O–H groups in total. The van der Waals surface area contributed by atoms with Crippen LogP contribution in [0.4, 0.5) is 11.4 Å². The van der Waals surface area contributed by atoms with Crippen molar-refractivity contribution in [1.29, 1.82) is 0 Å². The molecule has 0 fully saturated rings. The minimum Gasteiger partial charge on any atom is -0.494 e. The van der Waals surface area contributed by atoms with Crippen LogP contribution in [0.15, 0.2) is 18.2 Å². The third kappa shape index (κ3) is 4.67. The molecule has 0 aromatic heterocycles. The Hall–Kier alpha value is -2.22. The lowest BCUT2D eigenvalue weighted by Crippen LogP contribution is -2.41. The largest absolute Gasteiger partial charge is 0.494 e. The first-order valence-corrected chi connectivity index (χ1v) is 6.51. The Kier molecular flexibility index (Phi) is 5.20. The van der Waals surface area contributed by atoms with Crippen molar-refractivity contribution in [3.05, 3.63) is 28.3 Å². The monoisotopic (exact) mass is 311 g/mol. The van der Waals surface area contributed by atoms with Crippen molar-refractivity contribution < 1.29 is 14.5 Å². The number of nitrogens with zero attached hydrogens (tertiary/aromatic N) is 1. The standard InChI is InChI=1S/C13H17N3O4S/c1-13(2,3)11(17)15-12(21)14-9-6-5-8(16(18)19)7-10(9)20-4/h5-7H,1-4H3,(H2,14,15,17,21). The van der Waals surface area contributed by atoms with Crippen LogP contribution >= 0.6 is 12.2 Å². The van der Waals surface area contributed by atoms with Gasteiger partial charge in [0.2, 0.25) is 5.91 Å². The highest BCUT2D eigenvalue weighted by Gasteiger charge is 2.22. The van der Waals surface area contributed by atoms with E-state index in [1.54, 1.807) is 20.8 Å². The second kappa shape index (κ2) is 6.49. The normalized spacial score (nSPS) is 10.7. The van der Waals surface area contributed by atoms with Crippen LogP contribution in [0.2, 0.25) is 0 Å². The van der Waals surface area contributed by atoms with Crippen LogP contribution < -0.4 is 15.4 Å². The molecule has 0 heterocycles. The lowest BCUT2D eigenvalue weighted by molar-refractivity contribution is -0.384. The topological polar surface area (TPSA) is 93.5 Å². The first kappa shape index (κ1) is 16.8. The molecule has 0 unspecified atom stereocenters. The summed E-state index contributed by atoms with van der Waals surface area (Å²) in [5.41, 5.74) is -0.241. The first-order valence-electron chi connectivity index (χ1n) is 6.10. The number of thiocarbonyl (C=S) groups is 1. The minimum absolute atomic E-state index is 0.0953. The molecule has 8 heteroatoms. The van der Waals surface area contributed by atoms with Gasteiger partial charge in [-0.2, -0.15) is 0 Å². The molecule has 0 saturated heterocycles. The van der Waals surface area contributed by atoms with Crippen molar-refractivity contribution in [3.8, 4) is 5.75 Å². The van der Waals surface area contributed by atoms with Gasteiger partial charge in [0, 0.05) is 11.5 Å². The van der Waals surface area contributed by atoms with Gasteiger partial charge in [0.15, 0.2) is 5.11 Å². The Morgan fingerprint density at radius 3 is 2.48 bits per heavy atom. The highest BCUT2D eigenvalue weighted by atomic mass is 32.1. The van der Waals surface area contributed by atoms with E-state index in [0.29, 0.717) is 5.69 Å². The number of carbonyl (C=O) groups is 1. The van der Waals surface area contributed by atoms with E-state index in [2.05, 4.69) is 10.6 Å². The summed E-state index contributed by atoms with van der Waals surface area (Å²) < 4.78 is 5.07. The molecule has 114 valence electrons. The van der Waals surface area contributed by atoms with Gasteiger partial charge < -0.3 is 15.4 Å². The van der Waals surface area contributed by atoms with Crippen LogP contribution in [0.25, 0.3) is 0 Å². The molecule has 1 aromatic carbocycles. The van der Waals surface area contributed by atoms with Crippen molar-refractivity contribution in [2.45, 2.75) is 20.8 Å². The van der Waals surface area contributed by atoms with Gasteiger partial charge >= 0.3 is 0 Å². The Morgan fingerprint density at radius 1 is 1.38 bits per heavy atom. The number of rotatable bonds is 3. The van der Waals surface area contributed by atoms with Crippen molar-refractivity contribution in [2.24, 2.45) is 5.41 Å². The van der Waals surface area contributed by atoms with Gasteiger partial charge in [0.25, 0.3) is 5.69 Å². The number of amides is 1. The first-order chi connectivity index (χ1) is 9.65. The minimum atomic E-state index is -0.578. The molecule has 1 aromatic rings. The third-order valence-corrected chi connectivity index (χ3v) is 2.76. The number of hydrogen-bond donors (Lipinski definition) is 2. The molecule has 1 rings (SSSR count). The molecule has 0 aliphatic carbocycles. The SMILES string of the molecule is COc1cc([N+](=O)[O-])ccc1NC(=S)NC(=O)C(C)(C)C. The maximum absolute atomic E-state index is 11.8. The lowest BCUT2D eigenvalue weighted by Gasteiger charge is -2.19. The summed E-state index contributed by atoms with van der Waals surface area (Å²) in [6, 6.07) is 4.06. The average molecular weight is 311 g/mol. The van der Waals surface area contributed by atoms with Crippen LogP contribution in [0.5, 0.6) is 5.75 Å². The number of nitro groups is 1. The molecule has 0 bridgehead atoms.